The van der Waals surface area contributed by atoms with Crippen LogP contribution in [0.1, 0.15) is 26.5 Å². The molecule has 0 unspecified atom stereocenters. The maximum Gasteiger partial charge on any atom is 0.149 e. The van der Waals surface area contributed by atoms with Gasteiger partial charge in [0.1, 0.15) is 10.5 Å². The number of rotatable bonds is 1. The second-order valence-corrected chi connectivity index (χ2v) is 7.72. The van der Waals surface area contributed by atoms with Gasteiger partial charge in [0.05, 0.1) is 8.66 Å². The van der Waals surface area contributed by atoms with Crippen LogP contribution in [0.5, 0.6) is 0 Å². The van der Waals surface area contributed by atoms with E-state index in [0.29, 0.717) is 4.64 Å². The van der Waals surface area contributed by atoms with E-state index < -0.39 is 0 Å². The van der Waals surface area contributed by atoms with Gasteiger partial charge in [-0.25, -0.2) is 4.98 Å². The largest absolute Gasteiger partial charge is 0.342 e. The monoisotopic (exact) mass is 328 g/mol. The first-order chi connectivity index (χ1) is 7.86. The topological polar surface area (TPSA) is 28.7 Å². The lowest BCUT2D eigenvalue weighted by atomic mass is 9.92. The van der Waals surface area contributed by atoms with Crippen molar-refractivity contribution in [3.63, 3.8) is 0 Å². The smallest absolute Gasteiger partial charge is 0.149 e. The molecule has 17 heavy (non-hydrogen) atoms. The van der Waals surface area contributed by atoms with Gasteiger partial charge in [-0.2, -0.15) is 0 Å². The Morgan fingerprint density at radius 2 is 2.06 bits per heavy atom. The van der Waals surface area contributed by atoms with Gasteiger partial charge in [-0.05, 0) is 34.1 Å². The van der Waals surface area contributed by atoms with E-state index in [1.54, 1.807) is 11.3 Å². The lowest BCUT2D eigenvalue weighted by molar-refractivity contribution is 0.567. The van der Waals surface area contributed by atoms with E-state index >= 15 is 0 Å². The molecule has 2 nitrogen and oxygen atoms in total. The van der Waals surface area contributed by atoms with E-state index in [9.17, 15) is 0 Å². The van der Waals surface area contributed by atoms with Crippen LogP contribution in [-0.4, -0.2) is 9.97 Å². The summed E-state index contributed by atoms with van der Waals surface area (Å²) in [5.41, 5.74) is 1.15. The molecular formula is C12H13BrN2S2. The zero-order chi connectivity index (χ0) is 12.6. The minimum absolute atomic E-state index is 0.0414. The van der Waals surface area contributed by atoms with Crippen molar-refractivity contribution in [3.05, 3.63) is 32.3 Å². The number of aromatic amines is 1. The Morgan fingerprint density at radius 1 is 1.35 bits per heavy atom. The molecule has 0 fully saturated rings. The van der Waals surface area contributed by atoms with Gasteiger partial charge in [0.2, 0.25) is 0 Å². The number of nitrogens with one attached hydrogen (secondary N) is 1. The van der Waals surface area contributed by atoms with Crippen molar-refractivity contribution in [2.45, 2.75) is 26.2 Å². The van der Waals surface area contributed by atoms with Gasteiger partial charge in [0, 0.05) is 11.1 Å². The second-order valence-electron chi connectivity index (χ2n) is 4.84. The predicted octanol–water partition coefficient (Wildman–Crippen LogP) is 4.93. The van der Waals surface area contributed by atoms with E-state index in [0.717, 1.165) is 20.2 Å². The molecule has 1 N–H and O–H groups in total. The summed E-state index contributed by atoms with van der Waals surface area (Å²) in [5, 5.41) is 0. The Balaban J connectivity index is 2.57. The van der Waals surface area contributed by atoms with Crippen LogP contribution in [0.15, 0.2) is 22.0 Å². The lowest BCUT2D eigenvalue weighted by Crippen LogP contribution is -2.14. The van der Waals surface area contributed by atoms with Crippen LogP contribution in [-0.2, 0) is 5.41 Å². The molecule has 0 saturated carbocycles. The first-order valence-corrected chi connectivity index (χ1v) is 7.25. The van der Waals surface area contributed by atoms with E-state index in [-0.39, 0.29) is 5.41 Å². The average Bonchev–Trinajstić information content (AvgIpc) is 2.62. The summed E-state index contributed by atoms with van der Waals surface area (Å²) in [6, 6.07) is 5.98. The van der Waals surface area contributed by atoms with Crippen molar-refractivity contribution in [2.24, 2.45) is 0 Å². The van der Waals surface area contributed by atoms with Crippen LogP contribution in [0, 0.1) is 4.64 Å². The molecule has 0 amide bonds. The molecule has 0 spiro atoms. The number of nitrogens with zero attached hydrogens (tertiary/aromatic N) is 1. The van der Waals surface area contributed by atoms with E-state index in [1.807, 2.05) is 18.2 Å². The van der Waals surface area contributed by atoms with Gasteiger partial charge >= 0.3 is 0 Å². The molecule has 0 radical (unpaired) electrons. The molecule has 0 saturated heterocycles. The first-order valence-electron chi connectivity index (χ1n) is 5.24. The molecule has 0 atom stereocenters. The molecule has 2 rings (SSSR count). The lowest BCUT2D eigenvalue weighted by Gasteiger charge is -2.19. The Morgan fingerprint density at radius 3 is 2.59 bits per heavy atom. The van der Waals surface area contributed by atoms with E-state index in [4.69, 9.17) is 12.2 Å². The maximum atomic E-state index is 5.22. The molecule has 2 heterocycles. The van der Waals surface area contributed by atoms with Crippen LogP contribution in [0.2, 0.25) is 0 Å². The third-order valence-corrected chi connectivity index (χ3v) is 4.20. The van der Waals surface area contributed by atoms with Gasteiger partial charge in [-0.15, -0.1) is 11.3 Å². The molecule has 0 aliphatic rings. The minimum Gasteiger partial charge on any atom is -0.342 e. The van der Waals surface area contributed by atoms with Crippen LogP contribution in [0.25, 0.3) is 10.7 Å². The maximum absolute atomic E-state index is 5.22. The van der Waals surface area contributed by atoms with Gasteiger partial charge in [-0.1, -0.05) is 33.0 Å². The fourth-order valence-corrected chi connectivity index (χ4v) is 2.96. The fourth-order valence-electron chi connectivity index (χ4n) is 1.42. The van der Waals surface area contributed by atoms with Crippen molar-refractivity contribution in [2.75, 3.05) is 0 Å². The summed E-state index contributed by atoms with van der Waals surface area (Å²) in [6.07, 6.45) is 0. The zero-order valence-electron chi connectivity index (χ0n) is 9.87. The van der Waals surface area contributed by atoms with Crippen molar-refractivity contribution in [1.29, 1.82) is 0 Å². The quantitative estimate of drug-likeness (QED) is 0.752. The van der Waals surface area contributed by atoms with E-state index in [1.165, 1.54) is 0 Å². The Bertz CT molecular complexity index is 593. The molecule has 2 aromatic heterocycles. The number of hydrogen-bond acceptors (Lipinski definition) is 3. The van der Waals surface area contributed by atoms with Crippen LogP contribution < -0.4 is 0 Å². The van der Waals surface area contributed by atoms with Gasteiger partial charge in [-0.3, -0.25) is 0 Å². The minimum atomic E-state index is 0.0414. The summed E-state index contributed by atoms with van der Waals surface area (Å²) in [5.74, 6) is 0.845. The highest BCUT2D eigenvalue weighted by atomic mass is 79.9. The molecule has 0 aliphatic heterocycles. The van der Waals surface area contributed by atoms with E-state index in [2.05, 4.69) is 46.7 Å². The third-order valence-electron chi connectivity index (χ3n) is 2.36. The predicted molar refractivity (Wildman–Crippen MR) is 79.1 cm³/mol. The molecule has 0 bridgehead atoms. The summed E-state index contributed by atoms with van der Waals surface area (Å²) >= 11 is 10.3. The Labute approximate surface area is 118 Å². The number of halogens is 1. The number of aromatic nitrogens is 2. The Hall–Kier alpha value is -0.520. The summed E-state index contributed by atoms with van der Waals surface area (Å²) in [6.45, 7) is 6.46. The SMILES string of the molecule is CC(C)(C)c1cc(=S)nc(-c2ccc(Br)s2)[nH]1. The van der Waals surface area contributed by atoms with Crippen molar-refractivity contribution in [3.8, 4) is 10.7 Å². The highest BCUT2D eigenvalue weighted by Crippen LogP contribution is 2.30. The Kier molecular flexibility index (Phi) is 3.52. The number of H-pyrrole nitrogens is 1. The molecule has 0 aliphatic carbocycles. The summed E-state index contributed by atoms with van der Waals surface area (Å²) in [4.78, 5) is 8.84. The van der Waals surface area contributed by atoms with Gasteiger partial charge in [0.25, 0.3) is 0 Å². The average molecular weight is 329 g/mol. The standard InChI is InChI=1S/C12H13BrN2S2/c1-12(2,3)8-6-10(16)15-11(14-8)7-4-5-9(13)17-7/h4-6H,1-3H3,(H,14,15,16). The molecule has 5 heteroatoms. The van der Waals surface area contributed by atoms with Crippen molar-refractivity contribution >= 4 is 39.5 Å². The number of thiophene rings is 1. The third kappa shape index (κ3) is 3.03. The highest BCUT2D eigenvalue weighted by Gasteiger charge is 2.16. The fraction of sp³-hybridized carbons (Fsp3) is 0.333. The first kappa shape index (κ1) is 12.9. The van der Waals surface area contributed by atoms with Crippen molar-refractivity contribution in [1.82, 2.24) is 9.97 Å². The molecule has 90 valence electrons. The van der Waals surface area contributed by atoms with Crippen LogP contribution in [0.4, 0.5) is 0 Å². The molecule has 0 aromatic carbocycles. The van der Waals surface area contributed by atoms with Gasteiger partial charge in [0.15, 0.2) is 0 Å². The summed E-state index contributed by atoms with van der Waals surface area (Å²) in [7, 11) is 0. The normalized spacial score (nSPS) is 11.8. The van der Waals surface area contributed by atoms with Crippen molar-refractivity contribution < 1.29 is 0 Å². The molecule has 2 aromatic rings. The number of hydrogen-bond donors (Lipinski definition) is 1. The zero-order valence-corrected chi connectivity index (χ0v) is 13.1. The van der Waals surface area contributed by atoms with Gasteiger partial charge < -0.3 is 4.98 Å². The highest BCUT2D eigenvalue weighted by molar-refractivity contribution is 9.11. The van der Waals surface area contributed by atoms with Crippen LogP contribution >= 0.6 is 39.5 Å². The summed E-state index contributed by atoms with van der Waals surface area (Å²) < 4.78 is 1.72. The molecular weight excluding hydrogens is 316 g/mol. The second kappa shape index (κ2) is 4.63. The van der Waals surface area contributed by atoms with Crippen LogP contribution in [0.3, 0.4) is 0 Å².